The van der Waals surface area contributed by atoms with E-state index in [1.165, 1.54) is 64.2 Å². The van der Waals surface area contributed by atoms with Gasteiger partial charge in [-0.2, -0.15) is 0 Å². The lowest BCUT2D eigenvalue weighted by Crippen LogP contribution is -2.43. The summed E-state index contributed by atoms with van der Waals surface area (Å²) in [5, 5.41) is 0. The minimum absolute atomic E-state index is 0.577. The summed E-state index contributed by atoms with van der Waals surface area (Å²) in [6.45, 7) is 4.97. The summed E-state index contributed by atoms with van der Waals surface area (Å²) in [4.78, 5) is 2.61. The van der Waals surface area contributed by atoms with Gasteiger partial charge in [0.05, 0.1) is 6.61 Å². The van der Waals surface area contributed by atoms with Crippen molar-refractivity contribution >= 4 is 0 Å². The van der Waals surface area contributed by atoms with Crippen LogP contribution in [0.15, 0.2) is 0 Å². The van der Waals surface area contributed by atoms with Crippen molar-refractivity contribution in [3.63, 3.8) is 0 Å². The molecule has 0 amide bonds. The first-order valence-corrected chi connectivity index (χ1v) is 8.78. The third kappa shape index (κ3) is 7.61. The SMILES string of the molecule is CCCCCCCCCC(CN)N(CCOC)C1CC1. The maximum Gasteiger partial charge on any atom is 0.0589 e. The zero-order chi connectivity index (χ0) is 14.6. The van der Waals surface area contributed by atoms with Gasteiger partial charge >= 0.3 is 0 Å². The normalized spacial score (nSPS) is 16.8. The third-order valence-electron chi connectivity index (χ3n) is 4.45. The van der Waals surface area contributed by atoms with Gasteiger partial charge in [-0.15, -0.1) is 0 Å². The van der Waals surface area contributed by atoms with E-state index in [4.69, 9.17) is 10.5 Å². The first kappa shape index (κ1) is 17.9. The monoisotopic (exact) mass is 284 g/mol. The second-order valence-corrected chi connectivity index (χ2v) is 6.26. The molecular formula is C17H36N2O. The van der Waals surface area contributed by atoms with Crippen LogP contribution in [0.1, 0.15) is 71.1 Å². The molecule has 1 aliphatic rings. The smallest absolute Gasteiger partial charge is 0.0589 e. The minimum atomic E-state index is 0.577. The standard InChI is InChI=1S/C17H36N2O/c1-3-4-5-6-7-8-9-10-17(15-18)19(13-14-20-2)16-11-12-16/h16-17H,3-15,18H2,1-2H3. The molecule has 3 heteroatoms. The Kier molecular flexibility index (Phi) is 10.3. The average Bonchev–Trinajstić information content (AvgIpc) is 3.29. The van der Waals surface area contributed by atoms with Crippen molar-refractivity contribution in [3.05, 3.63) is 0 Å². The molecule has 1 atom stereocenters. The van der Waals surface area contributed by atoms with E-state index >= 15 is 0 Å². The van der Waals surface area contributed by atoms with Crippen LogP contribution in [0.4, 0.5) is 0 Å². The molecule has 0 aliphatic heterocycles. The van der Waals surface area contributed by atoms with Crippen molar-refractivity contribution < 1.29 is 4.74 Å². The van der Waals surface area contributed by atoms with E-state index < -0.39 is 0 Å². The van der Waals surface area contributed by atoms with Crippen molar-refractivity contribution in [2.75, 3.05) is 26.8 Å². The zero-order valence-corrected chi connectivity index (χ0v) is 13.8. The quantitative estimate of drug-likeness (QED) is 0.496. The number of hydrogen-bond donors (Lipinski definition) is 1. The first-order valence-electron chi connectivity index (χ1n) is 8.78. The Labute approximate surface area is 126 Å². The summed E-state index contributed by atoms with van der Waals surface area (Å²) >= 11 is 0. The highest BCUT2D eigenvalue weighted by molar-refractivity contribution is 4.89. The number of ether oxygens (including phenoxy) is 1. The molecule has 1 unspecified atom stereocenters. The van der Waals surface area contributed by atoms with E-state index in [1.54, 1.807) is 7.11 Å². The Morgan fingerprint density at radius 3 is 2.30 bits per heavy atom. The van der Waals surface area contributed by atoms with E-state index in [0.717, 1.165) is 25.7 Å². The summed E-state index contributed by atoms with van der Waals surface area (Å²) in [6, 6.07) is 1.37. The lowest BCUT2D eigenvalue weighted by molar-refractivity contribution is 0.111. The van der Waals surface area contributed by atoms with Gasteiger partial charge in [-0.1, -0.05) is 51.9 Å². The number of rotatable bonds is 14. The molecule has 0 heterocycles. The molecule has 20 heavy (non-hydrogen) atoms. The van der Waals surface area contributed by atoms with Gasteiger partial charge in [0.2, 0.25) is 0 Å². The van der Waals surface area contributed by atoms with Crippen LogP contribution in [0, 0.1) is 0 Å². The molecule has 120 valence electrons. The Hall–Kier alpha value is -0.120. The molecule has 0 spiro atoms. The molecule has 1 aliphatic carbocycles. The van der Waals surface area contributed by atoms with Crippen LogP contribution in [-0.4, -0.2) is 43.8 Å². The lowest BCUT2D eigenvalue weighted by Gasteiger charge is -2.31. The summed E-state index contributed by atoms with van der Waals surface area (Å²) in [6.07, 6.45) is 13.7. The largest absolute Gasteiger partial charge is 0.383 e. The number of nitrogens with two attached hydrogens (primary N) is 1. The fraction of sp³-hybridized carbons (Fsp3) is 1.00. The highest BCUT2D eigenvalue weighted by Gasteiger charge is 2.32. The van der Waals surface area contributed by atoms with Crippen molar-refractivity contribution in [2.24, 2.45) is 5.73 Å². The van der Waals surface area contributed by atoms with Gasteiger partial charge in [0.1, 0.15) is 0 Å². The van der Waals surface area contributed by atoms with Crippen LogP contribution < -0.4 is 5.73 Å². The summed E-state index contributed by atoms with van der Waals surface area (Å²) < 4.78 is 5.24. The van der Waals surface area contributed by atoms with Gasteiger partial charge in [-0.05, 0) is 19.3 Å². The fourth-order valence-corrected chi connectivity index (χ4v) is 3.02. The maximum atomic E-state index is 6.01. The molecule has 1 saturated carbocycles. The second kappa shape index (κ2) is 11.5. The van der Waals surface area contributed by atoms with Crippen LogP contribution >= 0.6 is 0 Å². The van der Waals surface area contributed by atoms with E-state index in [2.05, 4.69) is 11.8 Å². The first-order chi connectivity index (χ1) is 9.83. The van der Waals surface area contributed by atoms with Crippen molar-refractivity contribution in [1.29, 1.82) is 0 Å². The molecule has 0 aromatic carbocycles. The number of methoxy groups -OCH3 is 1. The molecule has 2 N–H and O–H groups in total. The summed E-state index contributed by atoms with van der Waals surface area (Å²) in [5.41, 5.74) is 6.01. The molecular weight excluding hydrogens is 248 g/mol. The van der Waals surface area contributed by atoms with Gasteiger partial charge in [0.15, 0.2) is 0 Å². The van der Waals surface area contributed by atoms with Gasteiger partial charge in [0.25, 0.3) is 0 Å². The topological polar surface area (TPSA) is 38.5 Å². The van der Waals surface area contributed by atoms with Crippen molar-refractivity contribution in [1.82, 2.24) is 4.90 Å². The fourth-order valence-electron chi connectivity index (χ4n) is 3.02. The van der Waals surface area contributed by atoms with Gasteiger partial charge in [-0.3, -0.25) is 4.90 Å². The Bertz CT molecular complexity index is 219. The van der Waals surface area contributed by atoms with Crippen LogP contribution in [0.5, 0.6) is 0 Å². The van der Waals surface area contributed by atoms with Crippen LogP contribution in [0.3, 0.4) is 0 Å². The maximum absolute atomic E-state index is 6.01. The zero-order valence-electron chi connectivity index (χ0n) is 13.8. The summed E-state index contributed by atoms with van der Waals surface area (Å²) in [5.74, 6) is 0. The molecule has 0 aromatic rings. The molecule has 1 rings (SSSR count). The van der Waals surface area contributed by atoms with Gasteiger partial charge in [0, 0.05) is 32.3 Å². The predicted octanol–water partition coefficient (Wildman–Crippen LogP) is 3.57. The van der Waals surface area contributed by atoms with Crippen molar-refractivity contribution in [2.45, 2.75) is 83.2 Å². The van der Waals surface area contributed by atoms with Crippen LogP contribution in [-0.2, 0) is 4.74 Å². The van der Waals surface area contributed by atoms with E-state index in [0.29, 0.717) is 6.04 Å². The molecule has 0 radical (unpaired) electrons. The van der Waals surface area contributed by atoms with E-state index in [1.807, 2.05) is 0 Å². The van der Waals surface area contributed by atoms with E-state index in [-0.39, 0.29) is 0 Å². The molecule has 1 fully saturated rings. The third-order valence-corrected chi connectivity index (χ3v) is 4.45. The average molecular weight is 284 g/mol. The van der Waals surface area contributed by atoms with Crippen molar-refractivity contribution in [3.8, 4) is 0 Å². The van der Waals surface area contributed by atoms with Gasteiger partial charge < -0.3 is 10.5 Å². The Morgan fingerprint density at radius 1 is 1.10 bits per heavy atom. The summed E-state index contributed by atoms with van der Waals surface area (Å²) in [7, 11) is 1.79. The highest BCUT2D eigenvalue weighted by Crippen LogP contribution is 2.29. The van der Waals surface area contributed by atoms with Gasteiger partial charge in [-0.25, -0.2) is 0 Å². The Balaban J connectivity index is 2.13. The Morgan fingerprint density at radius 2 is 1.75 bits per heavy atom. The van der Waals surface area contributed by atoms with Crippen LogP contribution in [0.25, 0.3) is 0 Å². The number of nitrogens with zero attached hydrogens (tertiary/aromatic N) is 1. The second-order valence-electron chi connectivity index (χ2n) is 6.26. The molecule has 3 nitrogen and oxygen atoms in total. The predicted molar refractivity (Wildman–Crippen MR) is 87.1 cm³/mol. The molecule has 0 saturated heterocycles. The van der Waals surface area contributed by atoms with E-state index in [9.17, 15) is 0 Å². The molecule has 0 aromatic heterocycles. The minimum Gasteiger partial charge on any atom is -0.383 e. The number of unbranched alkanes of at least 4 members (excludes halogenated alkanes) is 6. The molecule has 0 bridgehead atoms. The highest BCUT2D eigenvalue weighted by atomic mass is 16.5. The lowest BCUT2D eigenvalue weighted by atomic mass is 10.0. The number of hydrogen-bond acceptors (Lipinski definition) is 3. The van der Waals surface area contributed by atoms with Crippen LogP contribution in [0.2, 0.25) is 0 Å².